The highest BCUT2D eigenvalue weighted by atomic mass is 19.1. The Balaban J connectivity index is 3.33. The summed E-state index contributed by atoms with van der Waals surface area (Å²) in [6.45, 7) is 3.38. The molecule has 0 bridgehead atoms. The third kappa shape index (κ3) is 2.80. The van der Waals surface area contributed by atoms with E-state index in [4.69, 9.17) is 15.2 Å². The summed E-state index contributed by atoms with van der Waals surface area (Å²) in [5, 5.41) is 0. The monoisotopic (exact) mass is 253 g/mol. The number of carbonyl (C=O) groups excluding carboxylic acids is 1. The van der Waals surface area contributed by atoms with Crippen molar-refractivity contribution in [3.63, 3.8) is 0 Å². The number of methoxy groups -OCH3 is 1. The van der Waals surface area contributed by atoms with Gasteiger partial charge in [0.25, 0.3) is 0 Å². The van der Waals surface area contributed by atoms with Crippen LogP contribution in [0, 0.1) is 5.82 Å². The molecule has 0 atom stereocenters. The van der Waals surface area contributed by atoms with Gasteiger partial charge < -0.3 is 15.2 Å². The molecule has 98 valence electrons. The quantitative estimate of drug-likeness (QED) is 0.659. The summed E-state index contributed by atoms with van der Waals surface area (Å²) in [6, 6.07) is 4.51. The molecule has 0 fully saturated rings. The highest BCUT2D eigenvalue weighted by molar-refractivity contribution is 6.17. The van der Waals surface area contributed by atoms with Crippen LogP contribution < -0.4 is 10.5 Å². The minimum absolute atomic E-state index is 0.0215. The van der Waals surface area contributed by atoms with Crippen LogP contribution in [0.25, 0.3) is 5.57 Å². The SMILES string of the molecule is CCOC(=O)/C(=C(/C)N)c1cccc(OC)c1F. The van der Waals surface area contributed by atoms with Crippen LogP contribution in [0.15, 0.2) is 23.9 Å². The summed E-state index contributed by atoms with van der Waals surface area (Å²) < 4.78 is 23.8. The maximum atomic E-state index is 14.1. The van der Waals surface area contributed by atoms with Gasteiger partial charge in [-0.3, -0.25) is 0 Å². The number of esters is 1. The zero-order valence-corrected chi connectivity index (χ0v) is 10.6. The van der Waals surface area contributed by atoms with Gasteiger partial charge in [0.2, 0.25) is 0 Å². The van der Waals surface area contributed by atoms with Gasteiger partial charge in [-0.25, -0.2) is 9.18 Å². The lowest BCUT2D eigenvalue weighted by Crippen LogP contribution is -2.13. The molecule has 18 heavy (non-hydrogen) atoms. The van der Waals surface area contributed by atoms with E-state index in [-0.39, 0.29) is 29.2 Å². The fourth-order valence-electron chi connectivity index (χ4n) is 1.55. The van der Waals surface area contributed by atoms with Crippen molar-refractivity contribution < 1.29 is 18.7 Å². The van der Waals surface area contributed by atoms with Crippen molar-refractivity contribution >= 4 is 11.5 Å². The Morgan fingerprint density at radius 3 is 2.61 bits per heavy atom. The second-order valence-electron chi connectivity index (χ2n) is 3.60. The summed E-state index contributed by atoms with van der Waals surface area (Å²) in [5.74, 6) is -1.23. The molecule has 2 N–H and O–H groups in total. The first kappa shape index (κ1) is 14.0. The average Bonchev–Trinajstić information content (AvgIpc) is 2.31. The van der Waals surface area contributed by atoms with Crippen LogP contribution in [0.5, 0.6) is 5.75 Å². The number of carbonyl (C=O) groups is 1. The second-order valence-corrected chi connectivity index (χ2v) is 3.60. The Kier molecular flexibility index (Phi) is 4.71. The Hall–Kier alpha value is -2.04. The third-order valence-electron chi connectivity index (χ3n) is 2.33. The maximum Gasteiger partial charge on any atom is 0.340 e. The van der Waals surface area contributed by atoms with E-state index >= 15 is 0 Å². The first-order valence-electron chi connectivity index (χ1n) is 5.49. The van der Waals surface area contributed by atoms with Crippen molar-refractivity contribution in [1.29, 1.82) is 0 Å². The smallest absolute Gasteiger partial charge is 0.340 e. The van der Waals surface area contributed by atoms with Crippen LogP contribution in [0.2, 0.25) is 0 Å². The lowest BCUT2D eigenvalue weighted by Gasteiger charge is -2.11. The minimum Gasteiger partial charge on any atom is -0.494 e. The van der Waals surface area contributed by atoms with E-state index in [0.29, 0.717) is 0 Å². The number of allylic oxidation sites excluding steroid dienone is 1. The highest BCUT2D eigenvalue weighted by Gasteiger charge is 2.21. The van der Waals surface area contributed by atoms with Crippen molar-refractivity contribution in [3.8, 4) is 5.75 Å². The standard InChI is InChI=1S/C13H16FNO3/c1-4-18-13(16)11(8(2)15)9-6-5-7-10(17-3)12(9)14/h5-7H,4,15H2,1-3H3/b11-8-. The molecule has 0 amide bonds. The van der Waals surface area contributed by atoms with Crippen LogP contribution in [0.4, 0.5) is 4.39 Å². The summed E-state index contributed by atoms with van der Waals surface area (Å²) in [5.41, 5.74) is 5.92. The number of rotatable bonds is 4. The second kappa shape index (κ2) is 6.05. The van der Waals surface area contributed by atoms with Gasteiger partial charge in [0.05, 0.1) is 19.3 Å². The van der Waals surface area contributed by atoms with Gasteiger partial charge in [-0.15, -0.1) is 0 Å². The molecule has 0 aliphatic rings. The van der Waals surface area contributed by atoms with E-state index in [1.807, 2.05) is 0 Å². The average molecular weight is 253 g/mol. The summed E-state index contributed by atoms with van der Waals surface area (Å²) in [6.07, 6.45) is 0. The topological polar surface area (TPSA) is 61.5 Å². The Bertz CT molecular complexity index is 479. The van der Waals surface area contributed by atoms with Crippen LogP contribution in [-0.2, 0) is 9.53 Å². The number of benzene rings is 1. The number of nitrogens with two attached hydrogens (primary N) is 1. The molecule has 0 spiro atoms. The lowest BCUT2D eigenvalue weighted by molar-refractivity contribution is -0.136. The molecular weight excluding hydrogens is 237 g/mol. The van der Waals surface area contributed by atoms with Crippen molar-refractivity contribution in [1.82, 2.24) is 0 Å². The highest BCUT2D eigenvalue weighted by Crippen LogP contribution is 2.27. The van der Waals surface area contributed by atoms with Crippen molar-refractivity contribution in [2.75, 3.05) is 13.7 Å². The first-order valence-corrected chi connectivity index (χ1v) is 5.49. The summed E-state index contributed by atoms with van der Waals surface area (Å²) in [4.78, 5) is 11.8. The zero-order valence-electron chi connectivity index (χ0n) is 10.6. The molecule has 0 saturated carbocycles. The van der Waals surface area contributed by atoms with E-state index in [1.165, 1.54) is 26.2 Å². The third-order valence-corrected chi connectivity index (χ3v) is 2.33. The molecule has 1 aromatic carbocycles. The predicted octanol–water partition coefficient (Wildman–Crippen LogP) is 2.09. The lowest BCUT2D eigenvalue weighted by atomic mass is 10.0. The van der Waals surface area contributed by atoms with Crippen LogP contribution in [0.1, 0.15) is 19.4 Å². The van der Waals surface area contributed by atoms with Gasteiger partial charge in [0.15, 0.2) is 11.6 Å². The van der Waals surface area contributed by atoms with Gasteiger partial charge in [0.1, 0.15) is 0 Å². The molecule has 0 heterocycles. The van der Waals surface area contributed by atoms with Crippen molar-refractivity contribution in [3.05, 3.63) is 35.3 Å². The fourth-order valence-corrected chi connectivity index (χ4v) is 1.55. The maximum absolute atomic E-state index is 14.1. The van der Waals surface area contributed by atoms with E-state index in [0.717, 1.165) is 0 Å². The van der Waals surface area contributed by atoms with Gasteiger partial charge in [-0.05, 0) is 19.9 Å². The van der Waals surface area contributed by atoms with Crippen LogP contribution in [0.3, 0.4) is 0 Å². The van der Waals surface area contributed by atoms with Gasteiger partial charge >= 0.3 is 5.97 Å². The van der Waals surface area contributed by atoms with Crippen LogP contribution >= 0.6 is 0 Å². The van der Waals surface area contributed by atoms with Crippen LogP contribution in [-0.4, -0.2) is 19.7 Å². The number of hydrogen-bond acceptors (Lipinski definition) is 4. The summed E-state index contributed by atoms with van der Waals surface area (Å²) in [7, 11) is 1.35. The van der Waals surface area contributed by atoms with E-state index < -0.39 is 11.8 Å². The number of halogens is 1. The van der Waals surface area contributed by atoms with E-state index in [9.17, 15) is 9.18 Å². The Labute approximate surface area is 105 Å². The molecule has 0 unspecified atom stereocenters. The summed E-state index contributed by atoms with van der Waals surface area (Å²) >= 11 is 0. The molecule has 5 heteroatoms. The number of hydrogen-bond donors (Lipinski definition) is 1. The van der Waals surface area contributed by atoms with Gasteiger partial charge in [-0.1, -0.05) is 12.1 Å². The Morgan fingerprint density at radius 1 is 1.44 bits per heavy atom. The molecule has 1 aromatic rings. The first-order chi connectivity index (χ1) is 8.52. The molecule has 4 nitrogen and oxygen atoms in total. The van der Waals surface area contributed by atoms with Crippen molar-refractivity contribution in [2.24, 2.45) is 5.73 Å². The predicted molar refractivity (Wildman–Crippen MR) is 66.4 cm³/mol. The van der Waals surface area contributed by atoms with E-state index in [1.54, 1.807) is 13.0 Å². The fraction of sp³-hybridized carbons (Fsp3) is 0.308. The minimum atomic E-state index is -0.648. The molecule has 1 rings (SSSR count). The number of ether oxygens (including phenoxy) is 2. The molecular formula is C13H16FNO3. The molecule has 0 radical (unpaired) electrons. The van der Waals surface area contributed by atoms with Gasteiger partial charge in [-0.2, -0.15) is 0 Å². The molecule has 0 aliphatic carbocycles. The Morgan fingerprint density at radius 2 is 2.11 bits per heavy atom. The molecule has 0 aliphatic heterocycles. The van der Waals surface area contributed by atoms with Crippen molar-refractivity contribution in [2.45, 2.75) is 13.8 Å². The largest absolute Gasteiger partial charge is 0.494 e. The van der Waals surface area contributed by atoms with E-state index in [2.05, 4.69) is 0 Å². The normalized spacial score (nSPS) is 11.8. The van der Waals surface area contributed by atoms with Gasteiger partial charge in [0, 0.05) is 11.3 Å². The zero-order chi connectivity index (χ0) is 13.7. The molecule has 0 saturated heterocycles. The molecule has 0 aromatic heterocycles.